The Labute approximate surface area is 158 Å². The fourth-order valence-corrected chi connectivity index (χ4v) is 2.64. The standard InChI is InChI=1S/C22H21N3O2/c1-25(20-13-6-3-7-14-20)22(27)17-9-8-12-19(15-17)24-21(26)16-23-18-10-4-2-5-11-18/h2-15,23H,16H2,1H3,(H,24,26). The lowest BCUT2D eigenvalue weighted by Gasteiger charge is -2.17. The molecule has 0 bridgehead atoms. The van der Waals surface area contributed by atoms with Crippen LogP contribution in [0.5, 0.6) is 0 Å². The maximum Gasteiger partial charge on any atom is 0.258 e. The Morgan fingerprint density at radius 3 is 2.15 bits per heavy atom. The lowest BCUT2D eigenvalue weighted by atomic mass is 10.1. The quantitative estimate of drug-likeness (QED) is 0.699. The molecule has 0 aliphatic heterocycles. The van der Waals surface area contributed by atoms with Crippen LogP contribution in [0, 0.1) is 0 Å². The molecule has 0 heterocycles. The molecule has 2 amide bonds. The third-order valence-electron chi connectivity index (χ3n) is 4.07. The van der Waals surface area contributed by atoms with Gasteiger partial charge in [-0.15, -0.1) is 0 Å². The molecule has 0 saturated carbocycles. The van der Waals surface area contributed by atoms with E-state index in [1.54, 1.807) is 36.2 Å². The largest absolute Gasteiger partial charge is 0.376 e. The molecule has 2 N–H and O–H groups in total. The molecule has 0 unspecified atom stereocenters. The van der Waals surface area contributed by atoms with Crippen molar-refractivity contribution in [2.45, 2.75) is 0 Å². The maximum atomic E-state index is 12.7. The van der Waals surface area contributed by atoms with Gasteiger partial charge in [0, 0.05) is 29.7 Å². The van der Waals surface area contributed by atoms with Crippen molar-refractivity contribution in [3.63, 3.8) is 0 Å². The molecule has 136 valence electrons. The van der Waals surface area contributed by atoms with Gasteiger partial charge in [0.2, 0.25) is 5.91 Å². The third kappa shape index (κ3) is 4.95. The van der Waals surface area contributed by atoms with E-state index < -0.39 is 0 Å². The van der Waals surface area contributed by atoms with Crippen molar-refractivity contribution in [2.24, 2.45) is 0 Å². The smallest absolute Gasteiger partial charge is 0.258 e. The molecule has 27 heavy (non-hydrogen) atoms. The molecular formula is C22H21N3O2. The minimum absolute atomic E-state index is 0.139. The topological polar surface area (TPSA) is 61.4 Å². The second-order valence-corrected chi connectivity index (χ2v) is 6.05. The molecule has 0 aliphatic carbocycles. The Morgan fingerprint density at radius 1 is 0.815 bits per heavy atom. The van der Waals surface area contributed by atoms with Gasteiger partial charge in [0.25, 0.3) is 5.91 Å². The molecule has 3 rings (SSSR count). The van der Waals surface area contributed by atoms with Gasteiger partial charge in [-0.2, -0.15) is 0 Å². The van der Waals surface area contributed by atoms with Gasteiger partial charge >= 0.3 is 0 Å². The molecule has 3 aromatic carbocycles. The Morgan fingerprint density at radius 2 is 1.44 bits per heavy atom. The van der Waals surface area contributed by atoms with Gasteiger partial charge in [-0.25, -0.2) is 0 Å². The molecule has 0 aliphatic rings. The highest BCUT2D eigenvalue weighted by Gasteiger charge is 2.14. The Balaban J connectivity index is 1.63. The first-order chi connectivity index (χ1) is 13.1. The van der Waals surface area contributed by atoms with Gasteiger partial charge in [-0.3, -0.25) is 9.59 Å². The van der Waals surface area contributed by atoms with E-state index in [9.17, 15) is 9.59 Å². The van der Waals surface area contributed by atoms with Crippen LogP contribution >= 0.6 is 0 Å². The number of nitrogens with zero attached hydrogens (tertiary/aromatic N) is 1. The number of hydrogen-bond acceptors (Lipinski definition) is 3. The highest BCUT2D eigenvalue weighted by Crippen LogP contribution is 2.17. The summed E-state index contributed by atoms with van der Waals surface area (Å²) in [6, 6.07) is 25.9. The maximum absolute atomic E-state index is 12.7. The van der Waals surface area contributed by atoms with Crippen LogP contribution in [0.2, 0.25) is 0 Å². The van der Waals surface area contributed by atoms with E-state index in [-0.39, 0.29) is 18.4 Å². The summed E-state index contributed by atoms with van der Waals surface area (Å²) in [7, 11) is 1.73. The summed E-state index contributed by atoms with van der Waals surface area (Å²) in [4.78, 5) is 26.4. The molecule has 0 aromatic heterocycles. The molecule has 0 radical (unpaired) electrons. The second kappa shape index (κ2) is 8.67. The van der Waals surface area contributed by atoms with Crippen LogP contribution < -0.4 is 15.5 Å². The van der Waals surface area contributed by atoms with Crippen LogP contribution in [0.15, 0.2) is 84.9 Å². The fraction of sp³-hybridized carbons (Fsp3) is 0.0909. The summed E-state index contributed by atoms with van der Waals surface area (Å²) in [6.45, 7) is 0.145. The van der Waals surface area contributed by atoms with Crippen LogP contribution in [0.4, 0.5) is 17.1 Å². The van der Waals surface area contributed by atoms with Gasteiger partial charge in [0.1, 0.15) is 0 Å². The molecular weight excluding hydrogens is 338 g/mol. The lowest BCUT2D eigenvalue weighted by molar-refractivity contribution is -0.114. The first-order valence-electron chi connectivity index (χ1n) is 8.65. The van der Waals surface area contributed by atoms with E-state index in [4.69, 9.17) is 0 Å². The van der Waals surface area contributed by atoms with Crippen molar-refractivity contribution < 1.29 is 9.59 Å². The number of nitrogens with one attached hydrogen (secondary N) is 2. The minimum Gasteiger partial charge on any atom is -0.376 e. The highest BCUT2D eigenvalue weighted by atomic mass is 16.2. The zero-order valence-corrected chi connectivity index (χ0v) is 15.1. The van der Waals surface area contributed by atoms with Gasteiger partial charge in [0.15, 0.2) is 0 Å². The normalized spacial score (nSPS) is 10.1. The van der Waals surface area contributed by atoms with Crippen molar-refractivity contribution in [3.8, 4) is 0 Å². The number of carbonyl (C=O) groups excluding carboxylic acids is 2. The third-order valence-corrected chi connectivity index (χ3v) is 4.07. The van der Waals surface area contributed by atoms with Gasteiger partial charge in [0.05, 0.1) is 6.54 Å². The molecule has 0 fully saturated rings. The number of anilines is 3. The predicted octanol–water partition coefficient (Wildman–Crippen LogP) is 4.01. The van der Waals surface area contributed by atoms with Crippen LogP contribution in [0.3, 0.4) is 0 Å². The summed E-state index contributed by atoms with van der Waals surface area (Å²) in [6.07, 6.45) is 0. The minimum atomic E-state index is -0.181. The van der Waals surface area contributed by atoms with Crippen molar-refractivity contribution in [3.05, 3.63) is 90.5 Å². The Kier molecular flexibility index (Phi) is 5.84. The average molecular weight is 359 g/mol. The van der Waals surface area contributed by atoms with E-state index >= 15 is 0 Å². The number of hydrogen-bond donors (Lipinski definition) is 2. The van der Waals surface area contributed by atoms with Crippen molar-refractivity contribution >= 4 is 28.9 Å². The SMILES string of the molecule is CN(C(=O)c1cccc(NC(=O)CNc2ccccc2)c1)c1ccccc1. The predicted molar refractivity (Wildman–Crippen MR) is 109 cm³/mol. The summed E-state index contributed by atoms with van der Waals surface area (Å²) >= 11 is 0. The van der Waals surface area contributed by atoms with Crippen molar-refractivity contribution in [1.82, 2.24) is 0 Å². The number of benzene rings is 3. The Hall–Kier alpha value is -3.60. The van der Waals surface area contributed by atoms with Gasteiger partial charge < -0.3 is 15.5 Å². The molecule has 5 nitrogen and oxygen atoms in total. The van der Waals surface area contributed by atoms with Crippen molar-refractivity contribution in [1.29, 1.82) is 0 Å². The molecule has 0 saturated heterocycles. The van der Waals surface area contributed by atoms with Crippen LogP contribution in [0.25, 0.3) is 0 Å². The van der Waals surface area contributed by atoms with Crippen LogP contribution in [-0.2, 0) is 4.79 Å². The average Bonchev–Trinajstić information content (AvgIpc) is 2.73. The molecule has 0 atom stereocenters. The van der Waals surface area contributed by atoms with Crippen molar-refractivity contribution in [2.75, 3.05) is 29.1 Å². The number of amides is 2. The van der Waals surface area contributed by atoms with Crippen LogP contribution in [0.1, 0.15) is 10.4 Å². The highest BCUT2D eigenvalue weighted by molar-refractivity contribution is 6.06. The number of carbonyl (C=O) groups is 2. The fourth-order valence-electron chi connectivity index (χ4n) is 2.64. The zero-order chi connectivity index (χ0) is 19.1. The first kappa shape index (κ1) is 18.2. The number of rotatable bonds is 6. The molecule has 3 aromatic rings. The van der Waals surface area contributed by atoms with Gasteiger partial charge in [-0.05, 0) is 42.5 Å². The molecule has 0 spiro atoms. The van der Waals surface area contributed by atoms with E-state index in [1.807, 2.05) is 60.7 Å². The van der Waals surface area contributed by atoms with Gasteiger partial charge in [-0.1, -0.05) is 42.5 Å². The second-order valence-electron chi connectivity index (χ2n) is 6.05. The summed E-state index contributed by atoms with van der Waals surface area (Å²) in [5.41, 5.74) is 2.78. The summed E-state index contributed by atoms with van der Waals surface area (Å²) < 4.78 is 0. The Bertz CT molecular complexity index is 911. The first-order valence-corrected chi connectivity index (χ1v) is 8.65. The number of para-hydroxylation sites is 2. The van der Waals surface area contributed by atoms with Crippen LogP contribution in [-0.4, -0.2) is 25.4 Å². The molecule has 5 heteroatoms. The summed E-state index contributed by atoms with van der Waals surface area (Å²) in [5, 5.41) is 5.87. The monoisotopic (exact) mass is 359 g/mol. The van der Waals surface area contributed by atoms with E-state index in [1.165, 1.54) is 0 Å². The zero-order valence-electron chi connectivity index (χ0n) is 15.1. The van der Waals surface area contributed by atoms with E-state index in [0.717, 1.165) is 11.4 Å². The van der Waals surface area contributed by atoms with E-state index in [0.29, 0.717) is 11.3 Å². The van der Waals surface area contributed by atoms with E-state index in [2.05, 4.69) is 10.6 Å². The lowest BCUT2D eigenvalue weighted by Crippen LogP contribution is -2.26. The summed E-state index contributed by atoms with van der Waals surface area (Å²) in [5.74, 6) is -0.320.